The molecule has 0 amide bonds. The number of aryl methyl sites for hydroxylation is 1. The van der Waals surface area contributed by atoms with E-state index in [2.05, 4.69) is 6.58 Å². The van der Waals surface area contributed by atoms with Gasteiger partial charge in [-0.1, -0.05) is 13.5 Å². The maximum absolute atomic E-state index is 11.0. The molecule has 1 heterocycles. The Balaban J connectivity index is 0.00000196. The summed E-state index contributed by atoms with van der Waals surface area (Å²) in [5.41, 5.74) is 0. The lowest BCUT2D eigenvalue weighted by Crippen LogP contribution is -3.00. The van der Waals surface area contributed by atoms with Crippen molar-refractivity contribution in [1.82, 2.24) is 4.57 Å². The summed E-state index contributed by atoms with van der Waals surface area (Å²) in [6.45, 7) is 5.91. The normalized spacial score (nSPS) is 10.8. The van der Waals surface area contributed by atoms with Crippen LogP contribution in [0, 0.1) is 0 Å². The average molecular weight is 297 g/mol. The molecule has 7 heteroatoms. The molecule has 1 N–H and O–H groups in total. The molecular weight excluding hydrogens is 284 g/mol. The Labute approximate surface area is 99.6 Å². The van der Waals surface area contributed by atoms with Crippen molar-refractivity contribution in [3.8, 4) is 0 Å². The molecule has 1 rings (SSSR count). The number of imidazole rings is 1. The van der Waals surface area contributed by atoms with E-state index in [4.69, 9.17) is 4.55 Å². The van der Waals surface area contributed by atoms with Gasteiger partial charge in [0.2, 0.25) is 0 Å². The van der Waals surface area contributed by atoms with Crippen molar-refractivity contribution in [1.29, 1.82) is 0 Å². The van der Waals surface area contributed by atoms with E-state index in [1.807, 2.05) is 6.92 Å². The molecule has 0 bridgehead atoms. The highest BCUT2D eigenvalue weighted by Gasteiger charge is 2.27. The zero-order chi connectivity index (χ0) is 10.8. The van der Waals surface area contributed by atoms with Gasteiger partial charge in [0.1, 0.15) is 12.4 Å². The van der Waals surface area contributed by atoms with Crippen LogP contribution in [0.1, 0.15) is 13.3 Å². The Bertz CT molecular complexity index is 439. The molecule has 15 heavy (non-hydrogen) atoms. The Hall–Kier alpha value is -0.660. The minimum absolute atomic E-state index is 0. The van der Waals surface area contributed by atoms with Crippen LogP contribution in [0.5, 0.6) is 0 Å². The second-order valence-electron chi connectivity index (χ2n) is 2.84. The molecule has 0 aliphatic heterocycles. The zero-order valence-corrected chi connectivity index (χ0v) is 10.7. The van der Waals surface area contributed by atoms with Crippen LogP contribution in [0.3, 0.4) is 0 Å². The molecule has 5 nitrogen and oxygen atoms in total. The van der Waals surface area contributed by atoms with Gasteiger partial charge in [-0.25, -0.2) is 4.57 Å². The molecule has 0 aliphatic rings. The minimum atomic E-state index is -4.20. The van der Waals surface area contributed by atoms with Crippen molar-refractivity contribution in [2.45, 2.75) is 25.0 Å². The van der Waals surface area contributed by atoms with E-state index in [1.54, 1.807) is 6.20 Å². The third-order valence-electron chi connectivity index (χ3n) is 1.77. The van der Waals surface area contributed by atoms with Crippen molar-refractivity contribution in [2.24, 2.45) is 0 Å². The van der Waals surface area contributed by atoms with E-state index in [-0.39, 0.29) is 22.1 Å². The molecule has 0 saturated heterocycles. The fourth-order valence-electron chi connectivity index (χ4n) is 1.26. The first-order valence-electron chi connectivity index (χ1n) is 4.21. The van der Waals surface area contributed by atoms with Gasteiger partial charge in [0.15, 0.2) is 0 Å². The number of rotatable bonds is 4. The smallest absolute Gasteiger partial charge is 0.407 e. The van der Waals surface area contributed by atoms with Crippen LogP contribution in [-0.2, 0) is 16.7 Å². The lowest BCUT2D eigenvalue weighted by Gasteiger charge is -1.97. The summed E-state index contributed by atoms with van der Waals surface area (Å²) in [4.78, 5) is 0. The number of hydrogen-bond donors (Lipinski definition) is 1. The molecule has 1 aromatic heterocycles. The minimum Gasteiger partial charge on any atom is -1.00 e. The summed E-state index contributed by atoms with van der Waals surface area (Å²) in [7, 11) is -4.20. The van der Waals surface area contributed by atoms with E-state index >= 15 is 0 Å². The quantitative estimate of drug-likeness (QED) is 0.495. The van der Waals surface area contributed by atoms with Crippen molar-refractivity contribution in [2.75, 3.05) is 0 Å². The summed E-state index contributed by atoms with van der Waals surface area (Å²) < 4.78 is 33.8. The molecule has 0 spiro atoms. The van der Waals surface area contributed by atoms with Gasteiger partial charge >= 0.3 is 15.3 Å². The molecule has 0 radical (unpaired) electrons. The lowest BCUT2D eigenvalue weighted by atomic mass is 10.5. The van der Waals surface area contributed by atoms with Crippen LogP contribution in [0.4, 0.5) is 0 Å². The SMILES string of the molecule is C=Cn1cc[n+](CCC)c1S(=O)(=O)O.[Br-]. The van der Waals surface area contributed by atoms with Gasteiger partial charge in [-0.3, -0.25) is 4.55 Å². The van der Waals surface area contributed by atoms with E-state index in [1.165, 1.54) is 21.5 Å². The molecular formula is C8H13BrN2O3S. The second kappa shape index (κ2) is 5.43. The predicted octanol–water partition coefficient (Wildman–Crippen LogP) is -2.46. The van der Waals surface area contributed by atoms with Gasteiger partial charge in [-0.2, -0.15) is 13.0 Å². The van der Waals surface area contributed by atoms with E-state index in [9.17, 15) is 8.42 Å². The van der Waals surface area contributed by atoms with Gasteiger partial charge in [0.25, 0.3) is 0 Å². The van der Waals surface area contributed by atoms with Gasteiger partial charge < -0.3 is 17.0 Å². The third-order valence-corrected chi connectivity index (χ3v) is 2.67. The Kier molecular flexibility index (Phi) is 5.19. The van der Waals surface area contributed by atoms with Crippen molar-refractivity contribution in [3.63, 3.8) is 0 Å². The number of aromatic nitrogens is 2. The largest absolute Gasteiger partial charge is 1.00 e. The highest BCUT2D eigenvalue weighted by Crippen LogP contribution is 2.04. The third kappa shape index (κ3) is 3.15. The summed E-state index contributed by atoms with van der Waals surface area (Å²) in [5.74, 6) is 0. The monoisotopic (exact) mass is 296 g/mol. The van der Waals surface area contributed by atoms with Gasteiger partial charge in [-0.15, -0.1) is 0 Å². The molecule has 0 unspecified atom stereocenters. The second-order valence-corrected chi connectivity index (χ2v) is 4.15. The number of nitrogens with zero attached hydrogens (tertiary/aromatic N) is 2. The summed E-state index contributed by atoms with van der Waals surface area (Å²) in [5, 5.41) is -0.158. The van der Waals surface area contributed by atoms with Crippen LogP contribution in [0.15, 0.2) is 24.1 Å². The molecule has 0 aliphatic carbocycles. The zero-order valence-electron chi connectivity index (χ0n) is 8.30. The van der Waals surface area contributed by atoms with Crippen LogP contribution in [0.2, 0.25) is 0 Å². The molecule has 0 aromatic carbocycles. The maximum atomic E-state index is 11.0. The molecule has 1 aromatic rings. The van der Waals surface area contributed by atoms with Crippen molar-refractivity contribution >= 4 is 16.3 Å². The summed E-state index contributed by atoms with van der Waals surface area (Å²) in [6, 6.07) is 0. The molecule has 86 valence electrons. The van der Waals surface area contributed by atoms with Crippen LogP contribution < -0.4 is 21.5 Å². The van der Waals surface area contributed by atoms with Gasteiger partial charge in [-0.05, 0) is 6.42 Å². The first kappa shape index (κ1) is 14.3. The highest BCUT2D eigenvalue weighted by molar-refractivity contribution is 7.85. The molecule has 0 saturated carbocycles. The lowest BCUT2D eigenvalue weighted by molar-refractivity contribution is -0.734. The fraction of sp³-hybridized carbons (Fsp3) is 0.375. The topological polar surface area (TPSA) is 63.2 Å². The van der Waals surface area contributed by atoms with E-state index in [0.29, 0.717) is 6.54 Å². The van der Waals surface area contributed by atoms with Crippen molar-refractivity contribution < 1.29 is 34.5 Å². The Morgan fingerprint density at radius 2 is 2.27 bits per heavy atom. The van der Waals surface area contributed by atoms with Crippen molar-refractivity contribution in [3.05, 3.63) is 19.0 Å². The Morgan fingerprint density at radius 3 is 2.67 bits per heavy atom. The fourth-order valence-corrected chi connectivity index (χ4v) is 2.11. The highest BCUT2D eigenvalue weighted by atomic mass is 79.9. The van der Waals surface area contributed by atoms with Gasteiger partial charge in [0, 0.05) is 0 Å². The average Bonchev–Trinajstić information content (AvgIpc) is 2.47. The molecule has 0 atom stereocenters. The van der Waals surface area contributed by atoms with Gasteiger partial charge in [0.05, 0.1) is 12.7 Å². The molecule has 0 fully saturated rings. The van der Waals surface area contributed by atoms with E-state index < -0.39 is 10.1 Å². The maximum Gasteiger partial charge on any atom is 0.407 e. The first-order chi connectivity index (χ1) is 6.50. The Morgan fingerprint density at radius 1 is 1.67 bits per heavy atom. The summed E-state index contributed by atoms with van der Waals surface area (Å²) >= 11 is 0. The van der Waals surface area contributed by atoms with Crippen LogP contribution in [0.25, 0.3) is 6.20 Å². The predicted molar refractivity (Wildman–Crippen MR) is 51.1 cm³/mol. The first-order valence-corrected chi connectivity index (χ1v) is 5.65. The number of hydrogen-bond acceptors (Lipinski definition) is 2. The van der Waals surface area contributed by atoms with Crippen LogP contribution >= 0.6 is 0 Å². The number of halogens is 1. The standard InChI is InChI=1S/C8H12N2O3S.BrH/c1-3-5-10-7-6-9(4-2)8(10)14(11,12)13;/h4,6-7H,2-3,5H2,1H3;1H. The van der Waals surface area contributed by atoms with E-state index in [0.717, 1.165) is 6.42 Å². The van der Waals surface area contributed by atoms with Crippen LogP contribution in [-0.4, -0.2) is 17.5 Å². The summed E-state index contributed by atoms with van der Waals surface area (Å²) in [6.07, 6.45) is 5.24.